The van der Waals surface area contributed by atoms with Gasteiger partial charge in [-0.25, -0.2) is 18.4 Å². The Morgan fingerprint density at radius 3 is 2.77 bits per heavy atom. The molecule has 0 saturated carbocycles. The van der Waals surface area contributed by atoms with Crippen molar-refractivity contribution in [3.8, 4) is 23.2 Å². The van der Waals surface area contributed by atoms with Gasteiger partial charge in [-0.15, -0.1) is 0 Å². The summed E-state index contributed by atoms with van der Waals surface area (Å²) >= 11 is 0. The van der Waals surface area contributed by atoms with Crippen LogP contribution >= 0.6 is 0 Å². The first kappa shape index (κ1) is 20.2. The maximum atomic E-state index is 11.8. The van der Waals surface area contributed by atoms with E-state index in [0.717, 1.165) is 5.56 Å². The fraction of sp³-hybridized carbons (Fsp3) is 0.300. The lowest BCUT2D eigenvalue weighted by Crippen LogP contribution is -2.47. The van der Waals surface area contributed by atoms with E-state index in [1.807, 2.05) is 0 Å². The number of hydrogen-bond acceptors (Lipinski definition) is 8. The number of aromatic nitrogens is 3. The van der Waals surface area contributed by atoms with Crippen molar-refractivity contribution in [1.29, 1.82) is 5.26 Å². The van der Waals surface area contributed by atoms with Crippen LogP contribution in [-0.4, -0.2) is 66.3 Å². The van der Waals surface area contributed by atoms with Gasteiger partial charge in [0, 0.05) is 31.0 Å². The van der Waals surface area contributed by atoms with Crippen molar-refractivity contribution < 1.29 is 17.9 Å². The topological polar surface area (TPSA) is 118 Å². The minimum atomic E-state index is -3.29. The van der Waals surface area contributed by atoms with Crippen LogP contribution in [0.3, 0.4) is 0 Å². The van der Waals surface area contributed by atoms with Gasteiger partial charge >= 0.3 is 0 Å². The Balaban J connectivity index is 1.60. The molecule has 154 valence electrons. The average Bonchev–Trinajstić information content (AvgIpc) is 2.77. The summed E-state index contributed by atoms with van der Waals surface area (Å²) in [7, 11) is -3.29. The van der Waals surface area contributed by atoms with Crippen LogP contribution in [0.4, 0.5) is 0 Å². The van der Waals surface area contributed by atoms with Crippen molar-refractivity contribution in [3.63, 3.8) is 0 Å². The Morgan fingerprint density at radius 2 is 2.03 bits per heavy atom. The second-order valence-corrected chi connectivity index (χ2v) is 8.83. The van der Waals surface area contributed by atoms with Crippen LogP contribution in [0.5, 0.6) is 5.88 Å². The summed E-state index contributed by atoms with van der Waals surface area (Å²) in [6.45, 7) is 0.982. The van der Waals surface area contributed by atoms with E-state index in [0.29, 0.717) is 41.3 Å². The van der Waals surface area contributed by atoms with Crippen LogP contribution in [-0.2, 0) is 14.8 Å². The highest BCUT2D eigenvalue weighted by molar-refractivity contribution is 7.88. The molecule has 3 aromatic rings. The van der Waals surface area contributed by atoms with Gasteiger partial charge in [0.25, 0.3) is 0 Å². The van der Waals surface area contributed by atoms with Crippen LogP contribution in [0.25, 0.3) is 22.3 Å². The molecule has 1 saturated heterocycles. The number of morpholine rings is 1. The molecule has 1 fully saturated rings. The third kappa shape index (κ3) is 4.38. The monoisotopic (exact) mass is 425 g/mol. The number of rotatable bonds is 5. The zero-order chi connectivity index (χ0) is 21.1. The predicted molar refractivity (Wildman–Crippen MR) is 109 cm³/mol. The molecule has 9 nitrogen and oxygen atoms in total. The molecule has 1 atom stereocenters. The van der Waals surface area contributed by atoms with E-state index in [-0.39, 0.29) is 13.2 Å². The van der Waals surface area contributed by atoms with Gasteiger partial charge in [0.1, 0.15) is 12.7 Å². The summed E-state index contributed by atoms with van der Waals surface area (Å²) in [6, 6.07) is 10.9. The van der Waals surface area contributed by atoms with E-state index in [1.54, 1.807) is 42.7 Å². The zero-order valence-electron chi connectivity index (χ0n) is 16.2. The van der Waals surface area contributed by atoms with Crippen LogP contribution in [0, 0.1) is 11.3 Å². The molecule has 0 N–H and O–H groups in total. The Kier molecular flexibility index (Phi) is 5.59. The van der Waals surface area contributed by atoms with E-state index in [1.165, 1.54) is 10.6 Å². The summed E-state index contributed by atoms with van der Waals surface area (Å²) in [4.78, 5) is 13.3. The highest BCUT2D eigenvalue weighted by Gasteiger charge is 2.27. The van der Waals surface area contributed by atoms with Gasteiger partial charge < -0.3 is 9.47 Å². The summed E-state index contributed by atoms with van der Waals surface area (Å²) < 4.78 is 36.6. The van der Waals surface area contributed by atoms with Gasteiger partial charge in [-0.1, -0.05) is 12.1 Å². The SMILES string of the molecule is CS(=O)(=O)N1CCOC(COc2nc(-c3ccc(C#N)cc3)cc3nccnc23)C1. The number of nitriles is 1. The molecule has 1 unspecified atom stereocenters. The number of hydrogen-bond donors (Lipinski definition) is 0. The quantitative estimate of drug-likeness (QED) is 0.605. The van der Waals surface area contributed by atoms with E-state index in [4.69, 9.17) is 14.7 Å². The third-order valence-electron chi connectivity index (χ3n) is 4.71. The summed E-state index contributed by atoms with van der Waals surface area (Å²) in [6.07, 6.45) is 3.91. The van der Waals surface area contributed by atoms with E-state index in [9.17, 15) is 8.42 Å². The Bertz CT molecular complexity index is 1210. The van der Waals surface area contributed by atoms with Gasteiger partial charge in [0.15, 0.2) is 5.52 Å². The fourth-order valence-corrected chi connectivity index (χ4v) is 4.02. The summed E-state index contributed by atoms with van der Waals surface area (Å²) in [5.41, 5.74) is 3.11. The van der Waals surface area contributed by atoms with Gasteiger partial charge in [0.05, 0.1) is 35.7 Å². The molecule has 4 rings (SSSR count). The normalized spacial score (nSPS) is 17.5. The Morgan fingerprint density at radius 1 is 1.27 bits per heavy atom. The summed E-state index contributed by atoms with van der Waals surface area (Å²) in [5, 5.41) is 8.99. The highest BCUT2D eigenvalue weighted by Crippen LogP contribution is 2.27. The Hall–Kier alpha value is -3.13. The van der Waals surface area contributed by atoms with Crippen molar-refractivity contribution in [2.75, 3.05) is 32.6 Å². The second-order valence-electron chi connectivity index (χ2n) is 6.85. The lowest BCUT2D eigenvalue weighted by atomic mass is 10.1. The van der Waals surface area contributed by atoms with Crippen molar-refractivity contribution in [2.45, 2.75) is 6.10 Å². The number of sulfonamides is 1. The highest BCUT2D eigenvalue weighted by atomic mass is 32.2. The molecule has 1 aromatic carbocycles. The minimum absolute atomic E-state index is 0.127. The largest absolute Gasteiger partial charge is 0.473 e. The molecule has 30 heavy (non-hydrogen) atoms. The van der Waals surface area contributed by atoms with Crippen molar-refractivity contribution in [2.24, 2.45) is 0 Å². The van der Waals surface area contributed by atoms with Crippen LogP contribution in [0.15, 0.2) is 42.7 Å². The first-order valence-corrected chi connectivity index (χ1v) is 11.1. The molecule has 0 radical (unpaired) electrons. The lowest BCUT2D eigenvalue weighted by Gasteiger charge is -2.30. The molecule has 3 heterocycles. The molecule has 0 aliphatic carbocycles. The molecule has 0 amide bonds. The van der Waals surface area contributed by atoms with Gasteiger partial charge in [-0.3, -0.25) is 4.98 Å². The first-order chi connectivity index (χ1) is 14.4. The Labute approximate surface area is 174 Å². The molecular formula is C20H19N5O4S. The van der Waals surface area contributed by atoms with Crippen molar-refractivity contribution in [3.05, 3.63) is 48.3 Å². The molecule has 1 aliphatic heterocycles. The average molecular weight is 425 g/mol. The van der Waals surface area contributed by atoms with E-state index < -0.39 is 16.1 Å². The molecule has 0 bridgehead atoms. The number of pyridine rings is 1. The molecular weight excluding hydrogens is 406 g/mol. The fourth-order valence-electron chi connectivity index (χ4n) is 3.17. The van der Waals surface area contributed by atoms with Crippen LogP contribution in [0.2, 0.25) is 0 Å². The molecule has 2 aromatic heterocycles. The number of ether oxygens (including phenoxy) is 2. The van der Waals surface area contributed by atoms with Gasteiger partial charge in [0.2, 0.25) is 15.9 Å². The predicted octanol–water partition coefficient (Wildman–Crippen LogP) is 1.60. The number of nitrogens with zero attached hydrogens (tertiary/aromatic N) is 5. The number of benzene rings is 1. The smallest absolute Gasteiger partial charge is 0.242 e. The molecule has 10 heteroatoms. The standard InChI is InChI=1S/C20H19N5O4S/c1-30(26,27)25-8-9-28-16(12-25)13-29-20-19-18(22-6-7-23-19)10-17(24-20)15-4-2-14(11-21)3-5-15/h2-7,10,16H,8-9,12-13H2,1H3. The lowest BCUT2D eigenvalue weighted by molar-refractivity contribution is -0.0252. The molecule has 1 aliphatic rings. The number of fused-ring (bicyclic) bond motifs is 1. The zero-order valence-corrected chi connectivity index (χ0v) is 17.0. The van der Waals surface area contributed by atoms with Gasteiger partial charge in [-0.05, 0) is 18.2 Å². The van der Waals surface area contributed by atoms with Gasteiger partial charge in [-0.2, -0.15) is 9.57 Å². The van der Waals surface area contributed by atoms with Crippen molar-refractivity contribution in [1.82, 2.24) is 19.3 Å². The maximum absolute atomic E-state index is 11.8. The van der Waals surface area contributed by atoms with Crippen LogP contribution < -0.4 is 4.74 Å². The molecule has 0 spiro atoms. The van der Waals surface area contributed by atoms with Crippen molar-refractivity contribution >= 4 is 21.1 Å². The van der Waals surface area contributed by atoms with E-state index in [2.05, 4.69) is 21.0 Å². The summed E-state index contributed by atoms with van der Waals surface area (Å²) in [5.74, 6) is 0.292. The third-order valence-corrected chi connectivity index (χ3v) is 5.98. The van der Waals surface area contributed by atoms with Crippen LogP contribution in [0.1, 0.15) is 5.56 Å². The van der Waals surface area contributed by atoms with E-state index >= 15 is 0 Å². The first-order valence-electron chi connectivity index (χ1n) is 9.26. The maximum Gasteiger partial charge on any atom is 0.242 e. The minimum Gasteiger partial charge on any atom is -0.473 e. The second kappa shape index (κ2) is 8.31.